The molecular formula is C15H24N2O. The molecule has 0 spiro atoms. The van der Waals surface area contributed by atoms with Crippen molar-refractivity contribution < 1.29 is 4.74 Å². The average molecular weight is 248 g/mol. The van der Waals surface area contributed by atoms with E-state index >= 15 is 0 Å². The quantitative estimate of drug-likeness (QED) is 0.887. The van der Waals surface area contributed by atoms with Gasteiger partial charge in [0.15, 0.2) is 5.75 Å². The van der Waals surface area contributed by atoms with Crippen LogP contribution in [0.15, 0.2) is 12.3 Å². The van der Waals surface area contributed by atoms with Gasteiger partial charge < -0.3 is 10.1 Å². The summed E-state index contributed by atoms with van der Waals surface area (Å²) in [7, 11) is 1.70. The van der Waals surface area contributed by atoms with Crippen LogP contribution in [0.3, 0.4) is 0 Å². The van der Waals surface area contributed by atoms with Crippen LogP contribution in [0.1, 0.15) is 38.8 Å². The van der Waals surface area contributed by atoms with Gasteiger partial charge in [-0.25, -0.2) is 0 Å². The molecule has 1 fully saturated rings. The van der Waals surface area contributed by atoms with E-state index in [0.29, 0.717) is 12.0 Å². The zero-order valence-electron chi connectivity index (χ0n) is 11.9. The second-order valence-electron chi connectivity index (χ2n) is 5.54. The molecule has 3 unspecified atom stereocenters. The number of pyridine rings is 1. The minimum atomic E-state index is 0.546. The highest BCUT2D eigenvalue weighted by atomic mass is 16.5. The predicted molar refractivity (Wildman–Crippen MR) is 75.1 cm³/mol. The van der Waals surface area contributed by atoms with Gasteiger partial charge in [0, 0.05) is 11.7 Å². The Kier molecular flexibility index (Phi) is 4.10. The van der Waals surface area contributed by atoms with Gasteiger partial charge in [0.1, 0.15) is 0 Å². The maximum Gasteiger partial charge on any atom is 0.160 e. The Hall–Kier alpha value is -1.25. The van der Waals surface area contributed by atoms with Crippen LogP contribution in [0.25, 0.3) is 0 Å². The number of aromatic nitrogens is 1. The Bertz CT molecular complexity index is 405. The number of anilines is 1. The number of hydrogen-bond donors (Lipinski definition) is 1. The molecular weight excluding hydrogens is 224 g/mol. The molecule has 0 aliphatic heterocycles. The molecule has 1 aliphatic rings. The summed E-state index contributed by atoms with van der Waals surface area (Å²) in [6.45, 7) is 6.72. The summed E-state index contributed by atoms with van der Waals surface area (Å²) < 4.78 is 5.38. The molecule has 1 saturated carbocycles. The minimum Gasteiger partial charge on any atom is -0.493 e. The van der Waals surface area contributed by atoms with Crippen LogP contribution in [0.4, 0.5) is 5.69 Å². The molecule has 3 heteroatoms. The van der Waals surface area contributed by atoms with E-state index in [-0.39, 0.29) is 0 Å². The predicted octanol–water partition coefficient (Wildman–Crippen LogP) is 3.64. The molecule has 0 amide bonds. The maximum atomic E-state index is 5.38. The zero-order chi connectivity index (χ0) is 13.1. The molecule has 3 nitrogen and oxygen atoms in total. The Balaban J connectivity index is 2.15. The summed E-state index contributed by atoms with van der Waals surface area (Å²) in [5, 5.41) is 3.66. The molecule has 0 radical (unpaired) electrons. The number of hydrogen-bond acceptors (Lipinski definition) is 3. The highest BCUT2D eigenvalue weighted by Crippen LogP contribution is 2.33. The van der Waals surface area contributed by atoms with Crippen molar-refractivity contribution in [1.29, 1.82) is 0 Å². The van der Waals surface area contributed by atoms with Crippen LogP contribution < -0.4 is 10.1 Å². The largest absolute Gasteiger partial charge is 0.493 e. The van der Waals surface area contributed by atoms with Crippen molar-refractivity contribution in [3.8, 4) is 5.75 Å². The van der Waals surface area contributed by atoms with E-state index in [2.05, 4.69) is 30.2 Å². The van der Waals surface area contributed by atoms with Gasteiger partial charge in [0.05, 0.1) is 19.0 Å². The van der Waals surface area contributed by atoms with Gasteiger partial charge in [-0.3, -0.25) is 4.98 Å². The van der Waals surface area contributed by atoms with E-state index in [4.69, 9.17) is 4.74 Å². The van der Waals surface area contributed by atoms with Crippen LogP contribution in [-0.2, 0) is 0 Å². The maximum absolute atomic E-state index is 5.38. The Morgan fingerprint density at radius 2 is 2.11 bits per heavy atom. The zero-order valence-corrected chi connectivity index (χ0v) is 11.9. The van der Waals surface area contributed by atoms with Gasteiger partial charge in [-0.05, 0) is 31.2 Å². The molecule has 3 atom stereocenters. The van der Waals surface area contributed by atoms with Gasteiger partial charge in [-0.15, -0.1) is 0 Å². The fourth-order valence-corrected chi connectivity index (χ4v) is 2.81. The van der Waals surface area contributed by atoms with Crippen LogP contribution in [-0.4, -0.2) is 18.1 Å². The lowest BCUT2D eigenvalue weighted by Crippen LogP contribution is -2.35. The van der Waals surface area contributed by atoms with Crippen molar-refractivity contribution in [3.05, 3.63) is 18.0 Å². The van der Waals surface area contributed by atoms with Crippen LogP contribution in [0.5, 0.6) is 5.75 Å². The van der Waals surface area contributed by atoms with Crippen molar-refractivity contribution in [3.63, 3.8) is 0 Å². The summed E-state index contributed by atoms with van der Waals surface area (Å²) in [4.78, 5) is 4.27. The Labute approximate surface area is 110 Å². The molecule has 0 bridgehead atoms. The van der Waals surface area contributed by atoms with E-state index in [1.54, 1.807) is 13.3 Å². The van der Waals surface area contributed by atoms with E-state index in [1.807, 2.05) is 6.92 Å². The molecule has 1 aromatic rings. The lowest BCUT2D eigenvalue weighted by Gasteiger charge is -2.35. The first-order chi connectivity index (χ1) is 8.61. The first-order valence-corrected chi connectivity index (χ1v) is 6.89. The third-order valence-electron chi connectivity index (χ3n) is 4.27. The highest BCUT2D eigenvalue weighted by molar-refractivity contribution is 5.56. The third-order valence-corrected chi connectivity index (χ3v) is 4.27. The fourth-order valence-electron chi connectivity index (χ4n) is 2.81. The van der Waals surface area contributed by atoms with Crippen molar-refractivity contribution in [2.75, 3.05) is 12.4 Å². The second kappa shape index (κ2) is 5.59. The van der Waals surface area contributed by atoms with Gasteiger partial charge in [0.25, 0.3) is 0 Å². The Morgan fingerprint density at radius 1 is 1.33 bits per heavy atom. The normalized spacial score (nSPS) is 27.9. The molecule has 100 valence electrons. The number of nitrogens with zero attached hydrogens (tertiary/aromatic N) is 1. The summed E-state index contributed by atoms with van der Waals surface area (Å²) >= 11 is 0. The summed E-state index contributed by atoms with van der Waals surface area (Å²) in [5.41, 5.74) is 2.10. The van der Waals surface area contributed by atoms with Gasteiger partial charge >= 0.3 is 0 Å². The minimum absolute atomic E-state index is 0.546. The first kappa shape index (κ1) is 13.2. The van der Waals surface area contributed by atoms with E-state index in [0.717, 1.165) is 23.0 Å². The number of methoxy groups -OCH3 is 1. The van der Waals surface area contributed by atoms with Gasteiger partial charge in [0.2, 0.25) is 0 Å². The SMILES string of the molecule is COc1cnc(C)cc1NC1CCCC(C)C1C. The van der Waals surface area contributed by atoms with E-state index in [9.17, 15) is 0 Å². The molecule has 0 saturated heterocycles. The molecule has 1 aliphatic carbocycles. The molecule has 2 rings (SSSR count). The molecule has 1 N–H and O–H groups in total. The lowest BCUT2D eigenvalue weighted by atomic mass is 9.78. The first-order valence-electron chi connectivity index (χ1n) is 6.89. The van der Waals surface area contributed by atoms with Crippen LogP contribution >= 0.6 is 0 Å². The monoisotopic (exact) mass is 248 g/mol. The van der Waals surface area contributed by atoms with E-state index < -0.39 is 0 Å². The number of nitrogens with one attached hydrogen (secondary N) is 1. The third kappa shape index (κ3) is 2.77. The number of ether oxygens (including phenoxy) is 1. The number of rotatable bonds is 3. The second-order valence-corrected chi connectivity index (χ2v) is 5.54. The van der Waals surface area contributed by atoms with Crippen molar-refractivity contribution in [1.82, 2.24) is 4.98 Å². The smallest absolute Gasteiger partial charge is 0.160 e. The number of aryl methyl sites for hydroxylation is 1. The van der Waals surface area contributed by atoms with Crippen LogP contribution in [0, 0.1) is 18.8 Å². The van der Waals surface area contributed by atoms with Crippen LogP contribution in [0.2, 0.25) is 0 Å². The lowest BCUT2D eigenvalue weighted by molar-refractivity contribution is 0.252. The summed E-state index contributed by atoms with van der Waals surface area (Å²) in [6.07, 6.45) is 5.71. The molecule has 1 heterocycles. The molecule has 1 aromatic heterocycles. The summed E-state index contributed by atoms with van der Waals surface area (Å²) in [5.74, 6) is 2.34. The van der Waals surface area contributed by atoms with Crippen molar-refractivity contribution in [2.24, 2.45) is 11.8 Å². The molecule has 0 aromatic carbocycles. The Morgan fingerprint density at radius 3 is 2.83 bits per heavy atom. The fraction of sp³-hybridized carbons (Fsp3) is 0.667. The topological polar surface area (TPSA) is 34.1 Å². The average Bonchev–Trinajstić information content (AvgIpc) is 2.35. The summed E-state index contributed by atoms with van der Waals surface area (Å²) in [6, 6.07) is 2.62. The molecule has 18 heavy (non-hydrogen) atoms. The van der Waals surface area contributed by atoms with Gasteiger partial charge in [-0.2, -0.15) is 0 Å². The van der Waals surface area contributed by atoms with Crippen molar-refractivity contribution in [2.45, 2.75) is 46.1 Å². The standard InChI is InChI=1S/C15H24N2O/c1-10-6-5-7-13(12(10)3)17-14-8-11(2)16-9-15(14)18-4/h8-10,12-13H,5-7H2,1-4H3,(H,16,17). The highest BCUT2D eigenvalue weighted by Gasteiger charge is 2.27. The van der Waals surface area contributed by atoms with Gasteiger partial charge in [-0.1, -0.05) is 26.7 Å². The van der Waals surface area contributed by atoms with Crippen molar-refractivity contribution >= 4 is 5.69 Å². The van der Waals surface area contributed by atoms with E-state index in [1.165, 1.54) is 19.3 Å².